The minimum Gasteiger partial charge on any atom is -0.367 e. The molecule has 8 nitrogen and oxygen atoms in total. The van der Waals surface area contributed by atoms with Crippen LogP contribution in [0, 0.1) is 0 Å². The minimum atomic E-state index is -0.965. The molecular formula is C24H24N4O4. The second kappa shape index (κ2) is 7.87. The van der Waals surface area contributed by atoms with Gasteiger partial charge in [-0.3, -0.25) is 29.4 Å². The summed E-state index contributed by atoms with van der Waals surface area (Å²) in [5, 5.41) is 2.23. The van der Waals surface area contributed by atoms with Crippen LogP contribution in [0.4, 0.5) is 5.69 Å². The van der Waals surface area contributed by atoms with Gasteiger partial charge in [0.15, 0.2) is 0 Å². The first-order valence-corrected chi connectivity index (χ1v) is 10.9. The monoisotopic (exact) mass is 432 g/mol. The molecule has 0 saturated carbocycles. The van der Waals surface area contributed by atoms with E-state index >= 15 is 0 Å². The van der Waals surface area contributed by atoms with E-state index in [2.05, 4.69) is 16.3 Å². The summed E-state index contributed by atoms with van der Waals surface area (Å²) in [6.07, 6.45) is 2.21. The van der Waals surface area contributed by atoms with Crippen LogP contribution < -0.4 is 16.0 Å². The fraction of sp³-hybridized carbons (Fsp3) is 0.333. The van der Waals surface area contributed by atoms with E-state index in [1.54, 1.807) is 12.1 Å². The summed E-state index contributed by atoms with van der Waals surface area (Å²) in [7, 11) is 0. The van der Waals surface area contributed by atoms with Crippen LogP contribution >= 0.6 is 0 Å². The Balaban J connectivity index is 1.49. The van der Waals surface area contributed by atoms with Crippen molar-refractivity contribution in [1.29, 1.82) is 0 Å². The first-order valence-electron chi connectivity index (χ1n) is 10.9. The average molecular weight is 432 g/mol. The van der Waals surface area contributed by atoms with E-state index in [9.17, 15) is 19.2 Å². The van der Waals surface area contributed by atoms with Gasteiger partial charge in [-0.05, 0) is 42.0 Å². The molecule has 1 saturated heterocycles. The molecule has 8 heteroatoms. The number of carbonyl (C=O) groups is 4. The fourth-order valence-electron chi connectivity index (χ4n) is 5.07. The molecule has 5 rings (SSSR count). The number of nitrogens with zero attached hydrogens (tertiary/aromatic N) is 2. The third-order valence-electron chi connectivity index (χ3n) is 6.53. The van der Waals surface area contributed by atoms with E-state index in [4.69, 9.17) is 5.73 Å². The molecule has 3 aliphatic rings. The van der Waals surface area contributed by atoms with E-state index in [0.29, 0.717) is 24.2 Å². The number of para-hydroxylation sites is 1. The van der Waals surface area contributed by atoms with E-state index in [-0.39, 0.29) is 18.7 Å². The smallest absolute Gasteiger partial charge is 0.262 e. The highest BCUT2D eigenvalue weighted by atomic mass is 16.2. The number of fused-ring (bicyclic) bond motifs is 2. The molecule has 3 heterocycles. The predicted molar refractivity (Wildman–Crippen MR) is 117 cm³/mol. The highest BCUT2D eigenvalue weighted by Gasteiger charge is 2.45. The Bertz CT molecular complexity index is 1140. The number of imide groups is 2. The van der Waals surface area contributed by atoms with Crippen LogP contribution in [0.2, 0.25) is 0 Å². The highest BCUT2D eigenvalue weighted by molar-refractivity contribution is 6.24. The summed E-state index contributed by atoms with van der Waals surface area (Å²) in [4.78, 5) is 53.6. The second-order valence-electron chi connectivity index (χ2n) is 8.44. The van der Waals surface area contributed by atoms with E-state index in [0.717, 1.165) is 41.1 Å². The van der Waals surface area contributed by atoms with Gasteiger partial charge >= 0.3 is 0 Å². The van der Waals surface area contributed by atoms with Crippen molar-refractivity contribution in [2.75, 3.05) is 11.4 Å². The molecule has 0 aliphatic carbocycles. The summed E-state index contributed by atoms with van der Waals surface area (Å²) < 4.78 is 0. The van der Waals surface area contributed by atoms with Crippen molar-refractivity contribution in [3.63, 3.8) is 0 Å². The maximum Gasteiger partial charge on any atom is 0.262 e. The van der Waals surface area contributed by atoms with Gasteiger partial charge in [-0.25, -0.2) is 0 Å². The van der Waals surface area contributed by atoms with Crippen LogP contribution in [-0.2, 0) is 29.1 Å². The van der Waals surface area contributed by atoms with Gasteiger partial charge in [0.2, 0.25) is 11.8 Å². The maximum atomic E-state index is 13.4. The van der Waals surface area contributed by atoms with Crippen LogP contribution in [0.1, 0.15) is 56.7 Å². The van der Waals surface area contributed by atoms with Crippen LogP contribution in [0.5, 0.6) is 0 Å². The molecular weight excluding hydrogens is 408 g/mol. The zero-order valence-electron chi connectivity index (χ0n) is 17.6. The lowest BCUT2D eigenvalue weighted by Gasteiger charge is -2.33. The van der Waals surface area contributed by atoms with Crippen molar-refractivity contribution in [3.05, 3.63) is 64.2 Å². The van der Waals surface area contributed by atoms with E-state index < -0.39 is 23.8 Å². The van der Waals surface area contributed by atoms with Crippen molar-refractivity contribution < 1.29 is 19.2 Å². The second-order valence-corrected chi connectivity index (χ2v) is 8.44. The molecule has 32 heavy (non-hydrogen) atoms. The molecule has 2 aromatic carbocycles. The number of anilines is 1. The minimum absolute atomic E-state index is 0.100. The van der Waals surface area contributed by atoms with Crippen molar-refractivity contribution in [3.8, 4) is 0 Å². The van der Waals surface area contributed by atoms with Gasteiger partial charge in [0.1, 0.15) is 6.04 Å². The molecule has 0 radical (unpaired) electrons. The van der Waals surface area contributed by atoms with Crippen molar-refractivity contribution in [2.24, 2.45) is 5.73 Å². The number of aryl methyl sites for hydroxylation is 1. The summed E-state index contributed by atoms with van der Waals surface area (Å²) in [6, 6.07) is 10.4. The number of nitrogens with two attached hydrogens (primary N) is 1. The number of piperidine rings is 1. The molecule has 2 aromatic rings. The molecule has 3 N–H and O–H groups in total. The molecule has 164 valence electrons. The third-order valence-corrected chi connectivity index (χ3v) is 6.53. The number of rotatable bonds is 4. The number of benzene rings is 2. The lowest BCUT2D eigenvalue weighted by molar-refractivity contribution is -0.136. The molecule has 4 amide bonds. The fourth-order valence-corrected chi connectivity index (χ4v) is 5.07. The number of hydrogen-bond acceptors (Lipinski definition) is 6. The van der Waals surface area contributed by atoms with Gasteiger partial charge in [0, 0.05) is 31.7 Å². The van der Waals surface area contributed by atoms with Crippen LogP contribution in [-0.4, -0.2) is 41.1 Å². The Morgan fingerprint density at radius 3 is 2.53 bits per heavy atom. The lowest BCUT2D eigenvalue weighted by Crippen LogP contribution is -2.54. The Labute approximate surface area is 185 Å². The highest BCUT2D eigenvalue weighted by Crippen LogP contribution is 2.35. The molecule has 0 spiro atoms. The van der Waals surface area contributed by atoms with Gasteiger partial charge in [-0.15, -0.1) is 0 Å². The number of carbonyl (C=O) groups excluding carboxylic acids is 4. The van der Waals surface area contributed by atoms with Crippen LogP contribution in [0.3, 0.4) is 0 Å². The lowest BCUT2D eigenvalue weighted by atomic mass is 9.96. The third kappa shape index (κ3) is 3.18. The number of hydrogen-bond donors (Lipinski definition) is 2. The standard InChI is InChI=1S/C24H24N4O4/c25-12-15-5-1-4-14-7-3-11-27(21(14)15)13-16-6-2-8-17-20(16)24(32)28(23(17)31)18-9-10-19(29)26-22(18)30/h1-2,4-6,8,18H,3,7,9-13,25H2,(H,26,29,30). The van der Waals surface area contributed by atoms with Crippen LogP contribution in [0.15, 0.2) is 36.4 Å². The largest absolute Gasteiger partial charge is 0.367 e. The Hall–Kier alpha value is -3.52. The molecule has 1 unspecified atom stereocenters. The molecule has 1 atom stereocenters. The normalized spacial score (nSPS) is 20.3. The van der Waals surface area contributed by atoms with Gasteiger partial charge < -0.3 is 10.6 Å². The van der Waals surface area contributed by atoms with Gasteiger partial charge in [0.25, 0.3) is 11.8 Å². The van der Waals surface area contributed by atoms with Gasteiger partial charge in [0.05, 0.1) is 11.1 Å². The van der Waals surface area contributed by atoms with Gasteiger partial charge in [-0.2, -0.15) is 0 Å². The Kier molecular flexibility index (Phi) is 5.01. The van der Waals surface area contributed by atoms with Crippen molar-refractivity contribution >= 4 is 29.3 Å². The molecule has 0 bridgehead atoms. The average Bonchev–Trinajstić information content (AvgIpc) is 3.04. The summed E-state index contributed by atoms with van der Waals surface area (Å²) in [5.74, 6) is -1.94. The molecule has 1 fully saturated rings. The Morgan fingerprint density at radius 2 is 1.75 bits per heavy atom. The van der Waals surface area contributed by atoms with Crippen molar-refractivity contribution in [2.45, 2.75) is 44.8 Å². The molecule has 0 aromatic heterocycles. The predicted octanol–water partition coefficient (Wildman–Crippen LogP) is 1.50. The topological polar surface area (TPSA) is 113 Å². The molecule has 3 aliphatic heterocycles. The SMILES string of the molecule is NCc1cccc2c1N(Cc1cccc3c1C(=O)N(C1CCC(=O)NC1=O)C3=O)CCC2. The van der Waals surface area contributed by atoms with Crippen molar-refractivity contribution in [1.82, 2.24) is 10.2 Å². The summed E-state index contributed by atoms with van der Waals surface area (Å²) >= 11 is 0. The zero-order valence-corrected chi connectivity index (χ0v) is 17.6. The number of nitrogens with one attached hydrogen (secondary N) is 1. The van der Waals surface area contributed by atoms with Crippen LogP contribution in [0.25, 0.3) is 0 Å². The number of amides is 4. The summed E-state index contributed by atoms with van der Waals surface area (Å²) in [5.41, 5.74) is 10.8. The first-order chi connectivity index (χ1) is 15.5. The first kappa shape index (κ1) is 20.4. The van der Waals surface area contributed by atoms with E-state index in [1.807, 2.05) is 18.2 Å². The summed E-state index contributed by atoms with van der Waals surface area (Å²) in [6.45, 7) is 1.72. The van der Waals surface area contributed by atoms with E-state index in [1.165, 1.54) is 5.56 Å². The Morgan fingerprint density at radius 1 is 0.969 bits per heavy atom. The zero-order chi connectivity index (χ0) is 22.4. The van der Waals surface area contributed by atoms with Gasteiger partial charge in [-0.1, -0.05) is 30.3 Å². The maximum absolute atomic E-state index is 13.4. The quantitative estimate of drug-likeness (QED) is 0.708.